The van der Waals surface area contributed by atoms with Gasteiger partial charge in [-0.3, -0.25) is 4.90 Å². The SMILES string of the molecule is COc1ccc(-c2c(Nc3ccc(OCCN4CCCC4)cc3)c3ccc(OC)cc3oc2=O)cc1. The smallest absolute Gasteiger partial charge is 0.346 e. The third kappa shape index (κ3) is 5.16. The van der Waals surface area contributed by atoms with Crippen molar-refractivity contribution in [3.8, 4) is 28.4 Å². The molecule has 1 fully saturated rings. The van der Waals surface area contributed by atoms with E-state index in [2.05, 4.69) is 10.2 Å². The van der Waals surface area contributed by atoms with E-state index in [1.807, 2.05) is 60.7 Å². The van der Waals surface area contributed by atoms with Gasteiger partial charge in [0.15, 0.2) is 0 Å². The monoisotopic (exact) mass is 486 g/mol. The van der Waals surface area contributed by atoms with Gasteiger partial charge in [0, 0.05) is 23.7 Å². The van der Waals surface area contributed by atoms with E-state index in [0.717, 1.165) is 42.0 Å². The lowest BCUT2D eigenvalue weighted by atomic mass is 10.0. The fraction of sp³-hybridized carbons (Fsp3) is 0.276. The van der Waals surface area contributed by atoms with Gasteiger partial charge in [-0.25, -0.2) is 4.79 Å². The van der Waals surface area contributed by atoms with E-state index in [1.54, 1.807) is 20.3 Å². The fourth-order valence-electron chi connectivity index (χ4n) is 4.54. The molecule has 0 unspecified atom stereocenters. The zero-order valence-electron chi connectivity index (χ0n) is 20.6. The van der Waals surface area contributed by atoms with E-state index < -0.39 is 5.63 Å². The predicted octanol–water partition coefficient (Wildman–Crippen LogP) is 5.70. The standard InChI is InChI=1S/C29H30N2O5/c1-33-22-9-5-20(6-10-22)27-28(25-14-13-24(34-2)19-26(25)36-29(27)32)30-21-7-11-23(12-8-21)35-18-17-31-15-3-4-16-31/h5-14,19,30H,3-4,15-18H2,1-2H3. The summed E-state index contributed by atoms with van der Waals surface area (Å²) in [5.74, 6) is 2.14. The van der Waals surface area contributed by atoms with Crippen LogP contribution in [0, 0.1) is 0 Å². The van der Waals surface area contributed by atoms with Crippen molar-refractivity contribution < 1.29 is 18.6 Å². The van der Waals surface area contributed by atoms with Crippen LogP contribution < -0.4 is 25.2 Å². The molecule has 0 aliphatic carbocycles. The van der Waals surface area contributed by atoms with Crippen molar-refractivity contribution in [3.63, 3.8) is 0 Å². The largest absolute Gasteiger partial charge is 0.497 e. The average molecular weight is 487 g/mol. The Morgan fingerprint density at radius 3 is 2.22 bits per heavy atom. The first kappa shape index (κ1) is 23.8. The summed E-state index contributed by atoms with van der Waals surface area (Å²) in [5, 5.41) is 4.22. The highest BCUT2D eigenvalue weighted by atomic mass is 16.5. The average Bonchev–Trinajstić information content (AvgIpc) is 3.43. The van der Waals surface area contributed by atoms with Gasteiger partial charge in [-0.05, 0) is 80.0 Å². The summed E-state index contributed by atoms with van der Waals surface area (Å²) in [4.78, 5) is 15.6. The molecule has 0 amide bonds. The zero-order chi connectivity index (χ0) is 24.9. The first-order valence-corrected chi connectivity index (χ1v) is 12.2. The van der Waals surface area contributed by atoms with Gasteiger partial charge >= 0.3 is 5.63 Å². The zero-order valence-corrected chi connectivity index (χ0v) is 20.6. The molecule has 186 valence electrons. The number of ether oxygens (including phenoxy) is 3. The van der Waals surface area contributed by atoms with Gasteiger partial charge in [0.2, 0.25) is 0 Å². The summed E-state index contributed by atoms with van der Waals surface area (Å²) in [6, 6.07) is 20.6. The number of fused-ring (bicyclic) bond motifs is 1. The van der Waals surface area contributed by atoms with Gasteiger partial charge in [0.25, 0.3) is 0 Å². The maximum Gasteiger partial charge on any atom is 0.346 e. The molecule has 0 bridgehead atoms. The second kappa shape index (κ2) is 10.7. The van der Waals surface area contributed by atoms with E-state index in [4.69, 9.17) is 18.6 Å². The van der Waals surface area contributed by atoms with Crippen molar-refractivity contribution in [2.75, 3.05) is 45.8 Å². The Hall–Kier alpha value is -3.97. The Labute approximate surface area is 210 Å². The number of likely N-dealkylation sites (tertiary alicyclic amines) is 1. The molecule has 36 heavy (non-hydrogen) atoms. The van der Waals surface area contributed by atoms with E-state index in [1.165, 1.54) is 12.8 Å². The molecule has 1 aromatic heterocycles. The molecule has 1 aliphatic heterocycles. The minimum atomic E-state index is -0.440. The summed E-state index contributed by atoms with van der Waals surface area (Å²) in [7, 11) is 3.19. The van der Waals surface area contributed by atoms with Crippen LogP contribution in [0.15, 0.2) is 75.9 Å². The van der Waals surface area contributed by atoms with Crippen LogP contribution in [0.5, 0.6) is 17.2 Å². The molecule has 3 aromatic carbocycles. The number of hydrogen-bond acceptors (Lipinski definition) is 7. The normalized spacial score (nSPS) is 13.6. The van der Waals surface area contributed by atoms with E-state index in [-0.39, 0.29) is 0 Å². The van der Waals surface area contributed by atoms with Gasteiger partial charge in [-0.1, -0.05) is 12.1 Å². The fourth-order valence-corrected chi connectivity index (χ4v) is 4.54. The number of methoxy groups -OCH3 is 2. The van der Waals surface area contributed by atoms with Gasteiger partial charge in [0.05, 0.1) is 25.5 Å². The second-order valence-corrected chi connectivity index (χ2v) is 8.78. The molecule has 2 heterocycles. The van der Waals surface area contributed by atoms with Crippen LogP contribution in [0.4, 0.5) is 11.4 Å². The van der Waals surface area contributed by atoms with Crippen molar-refractivity contribution in [1.82, 2.24) is 4.90 Å². The van der Waals surface area contributed by atoms with Crippen molar-refractivity contribution in [1.29, 1.82) is 0 Å². The van der Waals surface area contributed by atoms with Crippen LogP contribution in [0.3, 0.4) is 0 Å². The lowest BCUT2D eigenvalue weighted by Crippen LogP contribution is -2.25. The van der Waals surface area contributed by atoms with Crippen molar-refractivity contribution >= 4 is 22.3 Å². The van der Waals surface area contributed by atoms with Crippen LogP contribution in [0.25, 0.3) is 22.1 Å². The molecule has 4 aromatic rings. The van der Waals surface area contributed by atoms with E-state index in [0.29, 0.717) is 34.9 Å². The first-order chi connectivity index (χ1) is 17.6. The molecule has 5 rings (SSSR count). The van der Waals surface area contributed by atoms with Gasteiger partial charge < -0.3 is 23.9 Å². The number of anilines is 2. The lowest BCUT2D eigenvalue weighted by molar-refractivity contribution is 0.238. The second-order valence-electron chi connectivity index (χ2n) is 8.78. The Kier molecular flexibility index (Phi) is 7.09. The van der Waals surface area contributed by atoms with Crippen LogP contribution in [0.2, 0.25) is 0 Å². The molecular formula is C29H30N2O5. The van der Waals surface area contributed by atoms with Crippen molar-refractivity contribution in [2.24, 2.45) is 0 Å². The maximum absolute atomic E-state index is 13.2. The van der Waals surface area contributed by atoms with Gasteiger partial charge in [-0.2, -0.15) is 0 Å². The summed E-state index contributed by atoms with van der Waals surface area (Å²) in [6.07, 6.45) is 2.55. The third-order valence-corrected chi connectivity index (χ3v) is 6.49. The van der Waals surface area contributed by atoms with Crippen LogP contribution >= 0.6 is 0 Å². The molecule has 0 saturated carbocycles. The molecule has 0 radical (unpaired) electrons. The summed E-state index contributed by atoms with van der Waals surface area (Å²) < 4.78 is 22.2. The van der Waals surface area contributed by atoms with Crippen LogP contribution in [0.1, 0.15) is 12.8 Å². The van der Waals surface area contributed by atoms with Crippen LogP contribution in [-0.4, -0.2) is 45.4 Å². The minimum absolute atomic E-state index is 0.440. The van der Waals surface area contributed by atoms with E-state index in [9.17, 15) is 4.79 Å². The maximum atomic E-state index is 13.2. The van der Waals surface area contributed by atoms with Gasteiger partial charge in [0.1, 0.15) is 29.4 Å². The third-order valence-electron chi connectivity index (χ3n) is 6.49. The molecule has 1 aliphatic rings. The molecule has 0 atom stereocenters. The van der Waals surface area contributed by atoms with Gasteiger partial charge in [-0.15, -0.1) is 0 Å². The Morgan fingerprint density at radius 1 is 0.861 bits per heavy atom. The van der Waals surface area contributed by atoms with E-state index >= 15 is 0 Å². The molecular weight excluding hydrogens is 456 g/mol. The number of hydrogen-bond donors (Lipinski definition) is 1. The lowest BCUT2D eigenvalue weighted by Gasteiger charge is -2.16. The number of benzene rings is 3. The Morgan fingerprint density at radius 2 is 1.53 bits per heavy atom. The highest BCUT2D eigenvalue weighted by molar-refractivity contribution is 6.00. The molecule has 1 N–H and O–H groups in total. The topological polar surface area (TPSA) is 73.2 Å². The molecule has 1 saturated heterocycles. The summed E-state index contributed by atoms with van der Waals surface area (Å²) in [6.45, 7) is 3.93. The Balaban J connectivity index is 1.45. The predicted molar refractivity (Wildman–Crippen MR) is 142 cm³/mol. The molecule has 0 spiro atoms. The minimum Gasteiger partial charge on any atom is -0.497 e. The highest BCUT2D eigenvalue weighted by Crippen LogP contribution is 2.36. The molecule has 7 nitrogen and oxygen atoms in total. The Bertz CT molecular complexity index is 1370. The molecule has 7 heteroatoms. The number of nitrogens with zero attached hydrogens (tertiary/aromatic N) is 1. The van der Waals surface area contributed by atoms with Crippen molar-refractivity contribution in [2.45, 2.75) is 12.8 Å². The summed E-state index contributed by atoms with van der Waals surface area (Å²) in [5.41, 5.74) is 2.68. The van der Waals surface area contributed by atoms with Crippen molar-refractivity contribution in [3.05, 3.63) is 77.2 Å². The first-order valence-electron chi connectivity index (χ1n) is 12.2. The quantitative estimate of drug-likeness (QED) is 0.305. The summed E-state index contributed by atoms with van der Waals surface area (Å²) >= 11 is 0. The van der Waals surface area contributed by atoms with Crippen LogP contribution in [-0.2, 0) is 0 Å². The highest BCUT2D eigenvalue weighted by Gasteiger charge is 2.18. The number of rotatable bonds is 9. The number of nitrogens with one attached hydrogen (secondary N) is 1.